The molecule has 1 aromatic rings. The number of benzene rings is 1. The van der Waals surface area contributed by atoms with Gasteiger partial charge in [0.15, 0.2) is 5.78 Å². The Morgan fingerprint density at radius 1 is 1.10 bits per heavy atom. The van der Waals surface area contributed by atoms with Crippen molar-refractivity contribution in [2.45, 2.75) is 19.3 Å². The van der Waals surface area contributed by atoms with E-state index >= 15 is 0 Å². The number of carbonyl (C=O) groups is 1. The summed E-state index contributed by atoms with van der Waals surface area (Å²) in [6.45, 7) is 0. The Bertz CT molecular complexity index is 642. The average molecular weight is 309 g/mol. The molecule has 2 rings (SSSR count). The van der Waals surface area contributed by atoms with Crippen molar-refractivity contribution in [1.82, 2.24) is 5.09 Å². The van der Waals surface area contributed by atoms with E-state index in [1.54, 1.807) is 30.3 Å². The topological polar surface area (TPSA) is 107 Å². The second-order valence-corrected chi connectivity index (χ2v) is 6.11. The minimum Gasteiger partial charge on any atom is -0.508 e. The molecule has 112 valence electrons. The third-order valence-corrected chi connectivity index (χ3v) is 3.67. The van der Waals surface area contributed by atoms with Crippen LogP contribution in [-0.4, -0.2) is 20.7 Å². The van der Waals surface area contributed by atoms with E-state index in [9.17, 15) is 14.5 Å². The molecule has 0 unspecified atom stereocenters. The molecular formula is C14H16NO5P. The quantitative estimate of drug-likeness (QED) is 0.618. The van der Waals surface area contributed by atoms with Crippen LogP contribution in [-0.2, 0) is 15.8 Å². The first-order chi connectivity index (χ1) is 9.83. The van der Waals surface area contributed by atoms with Gasteiger partial charge in [-0.1, -0.05) is 18.2 Å². The number of aromatic hydroxyl groups is 1. The predicted molar refractivity (Wildman–Crippen MR) is 77.4 cm³/mol. The molecule has 0 aromatic heterocycles. The van der Waals surface area contributed by atoms with E-state index in [4.69, 9.17) is 9.79 Å². The first kappa shape index (κ1) is 15.5. The van der Waals surface area contributed by atoms with E-state index in [1.807, 2.05) is 0 Å². The highest BCUT2D eigenvalue weighted by molar-refractivity contribution is 7.49. The van der Waals surface area contributed by atoms with E-state index < -0.39 is 7.75 Å². The number of nitrogens with one attached hydrogen (secondary N) is 1. The van der Waals surface area contributed by atoms with Crippen molar-refractivity contribution in [3.05, 3.63) is 53.3 Å². The van der Waals surface area contributed by atoms with Crippen LogP contribution in [0.1, 0.15) is 18.4 Å². The summed E-state index contributed by atoms with van der Waals surface area (Å²) in [6.07, 6.45) is 4.14. The summed E-state index contributed by atoms with van der Waals surface area (Å²) in [7, 11) is -4.43. The molecular weight excluding hydrogens is 293 g/mol. The Hall–Kier alpha value is -1.88. The Kier molecular flexibility index (Phi) is 4.63. The van der Waals surface area contributed by atoms with Crippen LogP contribution in [0.25, 0.3) is 0 Å². The summed E-state index contributed by atoms with van der Waals surface area (Å²) in [5.41, 5.74) is 1.96. The molecule has 0 atom stereocenters. The van der Waals surface area contributed by atoms with Crippen LogP contribution < -0.4 is 5.09 Å². The van der Waals surface area contributed by atoms with Crippen molar-refractivity contribution in [2.24, 2.45) is 0 Å². The smallest absolute Gasteiger partial charge is 0.427 e. The molecule has 4 N–H and O–H groups in total. The average Bonchev–Trinajstić information content (AvgIpc) is 2.38. The van der Waals surface area contributed by atoms with Gasteiger partial charge < -0.3 is 14.9 Å². The maximum Gasteiger partial charge on any atom is 0.427 e. The number of ketones is 1. The summed E-state index contributed by atoms with van der Waals surface area (Å²) in [5, 5.41) is 11.3. The summed E-state index contributed by atoms with van der Waals surface area (Å²) in [6, 6.07) is 6.73. The summed E-state index contributed by atoms with van der Waals surface area (Å²) >= 11 is 0. The molecule has 1 aliphatic carbocycles. The van der Waals surface area contributed by atoms with Crippen molar-refractivity contribution in [1.29, 1.82) is 0 Å². The fourth-order valence-electron chi connectivity index (χ4n) is 2.10. The largest absolute Gasteiger partial charge is 0.508 e. The monoisotopic (exact) mass is 309 g/mol. The summed E-state index contributed by atoms with van der Waals surface area (Å²) in [5.74, 6) is -0.00990. The van der Waals surface area contributed by atoms with Crippen molar-refractivity contribution < 1.29 is 24.3 Å². The van der Waals surface area contributed by atoms with E-state index in [2.05, 4.69) is 5.09 Å². The maximum absolute atomic E-state index is 11.4. The number of phenols is 1. The Labute approximate surface area is 122 Å². The van der Waals surface area contributed by atoms with Crippen molar-refractivity contribution in [3.63, 3.8) is 0 Å². The fourth-order valence-corrected chi connectivity index (χ4v) is 2.68. The van der Waals surface area contributed by atoms with Gasteiger partial charge in [-0.2, -0.15) is 0 Å². The van der Waals surface area contributed by atoms with Gasteiger partial charge in [-0.3, -0.25) is 9.88 Å². The second-order valence-electron chi connectivity index (χ2n) is 4.80. The second kappa shape index (κ2) is 6.26. The van der Waals surface area contributed by atoms with Crippen molar-refractivity contribution in [3.8, 4) is 5.75 Å². The molecule has 0 spiro atoms. The molecule has 7 heteroatoms. The number of allylic oxidation sites excluding steroid dienone is 4. The molecule has 0 amide bonds. The van der Waals surface area contributed by atoms with Gasteiger partial charge in [0.25, 0.3) is 0 Å². The molecule has 0 saturated heterocycles. The normalized spacial score (nSPS) is 15.4. The Balaban J connectivity index is 2.12. The van der Waals surface area contributed by atoms with Crippen LogP contribution in [0.4, 0.5) is 0 Å². The number of hydrogen-bond donors (Lipinski definition) is 4. The minimum atomic E-state index is -4.43. The first-order valence-corrected chi connectivity index (χ1v) is 7.99. The zero-order valence-electron chi connectivity index (χ0n) is 11.2. The molecule has 0 heterocycles. The summed E-state index contributed by atoms with van der Waals surface area (Å²) < 4.78 is 11.0. The lowest BCUT2D eigenvalue weighted by Gasteiger charge is -2.18. The number of phenolic OH excluding ortho intramolecular Hbond substituents is 1. The lowest BCUT2D eigenvalue weighted by molar-refractivity contribution is -0.114. The lowest BCUT2D eigenvalue weighted by atomic mass is 9.97. The fraction of sp³-hybridized carbons (Fsp3) is 0.214. The van der Waals surface area contributed by atoms with E-state index in [0.29, 0.717) is 18.4 Å². The van der Waals surface area contributed by atoms with E-state index in [1.165, 1.54) is 6.08 Å². The van der Waals surface area contributed by atoms with Crippen LogP contribution in [0.2, 0.25) is 0 Å². The van der Waals surface area contributed by atoms with Gasteiger partial charge in [0.05, 0.1) is 6.42 Å². The number of aryl methyl sites for hydroxylation is 1. The zero-order chi connectivity index (χ0) is 15.5. The zero-order valence-corrected chi connectivity index (χ0v) is 12.1. The number of hydrogen-bond acceptors (Lipinski definition) is 3. The molecule has 6 nitrogen and oxygen atoms in total. The molecule has 0 saturated carbocycles. The van der Waals surface area contributed by atoms with Gasteiger partial charge in [-0.05, 0) is 42.2 Å². The third-order valence-electron chi connectivity index (χ3n) is 3.11. The lowest BCUT2D eigenvalue weighted by Crippen LogP contribution is -2.17. The molecule has 1 aromatic carbocycles. The van der Waals surface area contributed by atoms with E-state index in [0.717, 1.165) is 5.56 Å². The first-order valence-electron chi connectivity index (χ1n) is 6.38. The molecule has 0 bridgehead atoms. The van der Waals surface area contributed by atoms with Crippen LogP contribution in [0, 0.1) is 0 Å². The summed E-state index contributed by atoms with van der Waals surface area (Å²) in [4.78, 5) is 29.4. The SMILES string of the molecule is O=C1C=CC(CCc2ccc(O)cc2)=C(NP(=O)(O)O)C1. The van der Waals surface area contributed by atoms with E-state index in [-0.39, 0.29) is 23.7 Å². The van der Waals surface area contributed by atoms with Gasteiger partial charge in [0.2, 0.25) is 0 Å². The Morgan fingerprint density at radius 3 is 2.38 bits per heavy atom. The molecule has 0 aliphatic heterocycles. The molecule has 21 heavy (non-hydrogen) atoms. The number of rotatable bonds is 5. The maximum atomic E-state index is 11.4. The minimum absolute atomic E-state index is 0.0352. The van der Waals surface area contributed by atoms with Crippen LogP contribution in [0.15, 0.2) is 47.7 Å². The molecule has 0 fully saturated rings. The van der Waals surface area contributed by atoms with Gasteiger partial charge >= 0.3 is 7.75 Å². The highest BCUT2D eigenvalue weighted by Crippen LogP contribution is 2.33. The molecule has 0 radical (unpaired) electrons. The molecule has 1 aliphatic rings. The number of carbonyl (C=O) groups excluding carboxylic acids is 1. The standard InChI is InChI=1S/C14H16NO5P/c16-12-6-2-10(3-7-12)1-4-11-5-8-13(17)9-14(11)15-21(18,19)20/h2-3,5-8,16H,1,4,9H2,(H3,15,18,19,20). The highest BCUT2D eigenvalue weighted by Gasteiger charge is 2.20. The van der Waals surface area contributed by atoms with Gasteiger partial charge in [-0.15, -0.1) is 0 Å². The van der Waals surface area contributed by atoms with Crippen LogP contribution in [0.3, 0.4) is 0 Å². The van der Waals surface area contributed by atoms with Crippen LogP contribution in [0.5, 0.6) is 5.75 Å². The van der Waals surface area contributed by atoms with Gasteiger partial charge in [-0.25, -0.2) is 4.57 Å². The third kappa shape index (κ3) is 4.86. The Morgan fingerprint density at radius 2 is 1.76 bits per heavy atom. The van der Waals surface area contributed by atoms with Gasteiger partial charge in [0, 0.05) is 5.70 Å². The van der Waals surface area contributed by atoms with Crippen LogP contribution >= 0.6 is 7.75 Å². The van der Waals surface area contributed by atoms with Gasteiger partial charge in [0.1, 0.15) is 5.75 Å². The van der Waals surface area contributed by atoms with Crippen molar-refractivity contribution >= 4 is 13.5 Å². The highest BCUT2D eigenvalue weighted by atomic mass is 31.2. The predicted octanol–water partition coefficient (Wildman–Crippen LogP) is 1.79. The van der Waals surface area contributed by atoms with Crippen molar-refractivity contribution in [2.75, 3.05) is 0 Å².